The number of rotatable bonds is 5. The summed E-state index contributed by atoms with van der Waals surface area (Å²) < 4.78 is 13.3. The largest absolute Gasteiger partial charge is 0.390 e. The normalized spacial score (nSPS) is 14.3. The maximum absolute atomic E-state index is 13.3. The molecule has 0 spiro atoms. The van der Waals surface area contributed by atoms with Crippen LogP contribution in [0.15, 0.2) is 18.2 Å². The van der Waals surface area contributed by atoms with Crippen molar-refractivity contribution in [2.24, 2.45) is 0 Å². The van der Waals surface area contributed by atoms with Crippen molar-refractivity contribution in [3.05, 3.63) is 35.1 Å². The molecule has 0 saturated heterocycles. The van der Waals surface area contributed by atoms with E-state index in [-0.39, 0.29) is 11.5 Å². The van der Waals surface area contributed by atoms with Gasteiger partial charge in [0.05, 0.1) is 6.10 Å². The van der Waals surface area contributed by atoms with Gasteiger partial charge < -0.3 is 10.2 Å². The van der Waals surface area contributed by atoms with Crippen molar-refractivity contribution in [2.75, 3.05) is 5.75 Å². The molecule has 0 radical (unpaired) electrons. The van der Waals surface area contributed by atoms with Crippen molar-refractivity contribution in [2.45, 2.75) is 32.5 Å². The third-order valence-electron chi connectivity index (χ3n) is 2.62. The van der Waals surface area contributed by atoms with E-state index in [1.807, 2.05) is 0 Å². The van der Waals surface area contributed by atoms with Crippen molar-refractivity contribution in [3.63, 3.8) is 0 Å². The Morgan fingerprint density at radius 1 is 1.44 bits per heavy atom. The maximum atomic E-state index is 13.3. The molecule has 1 aromatic carbocycles. The first-order valence-electron chi connectivity index (χ1n) is 5.67. The molecular weight excluding hydrogens is 255 g/mol. The van der Waals surface area contributed by atoms with Crippen LogP contribution in [0.1, 0.15) is 30.6 Å². The zero-order chi connectivity index (χ0) is 13.7. The number of thioether (sulfide) groups is 1. The summed E-state index contributed by atoms with van der Waals surface area (Å²) in [5, 5.41) is 19.6. The van der Waals surface area contributed by atoms with Crippen molar-refractivity contribution in [1.82, 2.24) is 0 Å². The number of carbonyl (C=O) groups excluding carboxylic acids is 1. The summed E-state index contributed by atoms with van der Waals surface area (Å²) in [5.41, 5.74) is 0.839. The van der Waals surface area contributed by atoms with Crippen LogP contribution in [0.4, 0.5) is 4.39 Å². The van der Waals surface area contributed by atoms with E-state index >= 15 is 0 Å². The van der Waals surface area contributed by atoms with Gasteiger partial charge in [0.2, 0.25) is 0 Å². The first-order valence-corrected chi connectivity index (χ1v) is 6.66. The van der Waals surface area contributed by atoms with Crippen molar-refractivity contribution >= 4 is 16.9 Å². The zero-order valence-corrected chi connectivity index (χ0v) is 11.2. The van der Waals surface area contributed by atoms with E-state index < -0.39 is 18.0 Å². The highest BCUT2D eigenvalue weighted by atomic mass is 32.2. The summed E-state index contributed by atoms with van der Waals surface area (Å²) >= 11 is 1.09. The van der Waals surface area contributed by atoms with E-state index in [9.17, 15) is 19.4 Å². The van der Waals surface area contributed by atoms with Gasteiger partial charge in [0.1, 0.15) is 11.9 Å². The molecule has 18 heavy (non-hydrogen) atoms. The minimum Gasteiger partial charge on any atom is -0.390 e. The third-order valence-corrected chi connectivity index (χ3v) is 3.47. The first kappa shape index (κ1) is 15.1. The molecule has 0 aliphatic rings. The molecule has 2 unspecified atom stereocenters. The monoisotopic (exact) mass is 272 g/mol. The lowest BCUT2D eigenvalue weighted by Crippen LogP contribution is -2.19. The Kier molecular flexibility index (Phi) is 5.78. The number of carbonyl (C=O) groups is 1. The Hall–Kier alpha value is -0.910. The fraction of sp³-hybridized carbons (Fsp3) is 0.462. The maximum Gasteiger partial charge on any atom is 0.185 e. The number of aryl methyl sites for hydroxylation is 1. The Bertz CT molecular complexity index is 423. The van der Waals surface area contributed by atoms with Gasteiger partial charge in [0.15, 0.2) is 5.12 Å². The number of halogens is 1. The van der Waals surface area contributed by atoms with Gasteiger partial charge in [-0.25, -0.2) is 4.39 Å². The summed E-state index contributed by atoms with van der Waals surface area (Å²) in [4.78, 5) is 10.7. The second-order valence-electron chi connectivity index (χ2n) is 4.15. The molecule has 2 atom stereocenters. The van der Waals surface area contributed by atoms with Crippen LogP contribution in [0.3, 0.4) is 0 Å². The van der Waals surface area contributed by atoms with E-state index in [1.54, 1.807) is 19.1 Å². The van der Waals surface area contributed by atoms with E-state index in [0.717, 1.165) is 11.8 Å². The average molecular weight is 272 g/mol. The third kappa shape index (κ3) is 4.40. The van der Waals surface area contributed by atoms with Crippen LogP contribution >= 0.6 is 11.8 Å². The number of hydrogen-bond donors (Lipinski definition) is 2. The van der Waals surface area contributed by atoms with Gasteiger partial charge >= 0.3 is 0 Å². The number of hydrogen-bond acceptors (Lipinski definition) is 4. The van der Waals surface area contributed by atoms with E-state index in [1.165, 1.54) is 13.0 Å². The number of benzene rings is 1. The van der Waals surface area contributed by atoms with Crippen LogP contribution in [0.25, 0.3) is 0 Å². The minimum absolute atomic E-state index is 0.0296. The lowest BCUT2D eigenvalue weighted by Gasteiger charge is -2.18. The van der Waals surface area contributed by atoms with Crippen LogP contribution in [-0.4, -0.2) is 27.2 Å². The van der Waals surface area contributed by atoms with Gasteiger partial charge in [-0.05, 0) is 30.5 Å². The van der Waals surface area contributed by atoms with Crippen molar-refractivity contribution in [1.29, 1.82) is 0 Å². The Balaban J connectivity index is 2.59. The quantitative estimate of drug-likeness (QED) is 0.862. The molecule has 0 saturated carbocycles. The lowest BCUT2D eigenvalue weighted by molar-refractivity contribution is -0.109. The lowest BCUT2D eigenvalue weighted by atomic mass is 10.0. The zero-order valence-electron chi connectivity index (χ0n) is 10.4. The predicted molar refractivity (Wildman–Crippen MR) is 69.9 cm³/mol. The summed E-state index contributed by atoms with van der Waals surface area (Å²) in [7, 11) is 0. The molecule has 0 aliphatic heterocycles. The summed E-state index contributed by atoms with van der Waals surface area (Å²) in [5.74, 6) is 0.0268. The second kappa shape index (κ2) is 6.87. The van der Waals surface area contributed by atoms with Crippen molar-refractivity contribution in [3.8, 4) is 0 Å². The molecule has 100 valence electrons. The van der Waals surface area contributed by atoms with Crippen LogP contribution in [0.2, 0.25) is 0 Å². The van der Waals surface area contributed by atoms with Crippen LogP contribution in [0.5, 0.6) is 0 Å². The Labute approximate surface area is 110 Å². The molecule has 2 N–H and O–H groups in total. The molecular formula is C13H17FO3S. The molecule has 0 heterocycles. The fourth-order valence-electron chi connectivity index (χ4n) is 1.50. The molecule has 0 aromatic heterocycles. The van der Waals surface area contributed by atoms with Crippen molar-refractivity contribution < 1.29 is 19.4 Å². The second-order valence-corrected chi connectivity index (χ2v) is 5.42. The standard InChI is InChI=1S/C13H17FO3S/c1-8-3-4-10(7-11(8)14)13(17)12(16)5-6-18-9(2)15/h3-4,7,12-13,16-17H,5-6H2,1-2H3. The van der Waals surface area contributed by atoms with Gasteiger partial charge in [0, 0.05) is 12.7 Å². The minimum atomic E-state index is -1.13. The van der Waals surface area contributed by atoms with Crippen LogP contribution in [0, 0.1) is 12.7 Å². The molecule has 0 amide bonds. The molecule has 1 rings (SSSR count). The smallest absolute Gasteiger partial charge is 0.185 e. The predicted octanol–water partition coefficient (Wildman–Crippen LogP) is 2.20. The van der Waals surface area contributed by atoms with Gasteiger partial charge in [-0.1, -0.05) is 23.9 Å². The molecule has 0 bridgehead atoms. The van der Waals surface area contributed by atoms with Gasteiger partial charge in [0.25, 0.3) is 0 Å². The number of aliphatic hydroxyl groups is 2. The van der Waals surface area contributed by atoms with E-state index in [4.69, 9.17) is 0 Å². The van der Waals surface area contributed by atoms with E-state index in [0.29, 0.717) is 16.9 Å². The molecule has 3 nitrogen and oxygen atoms in total. The Morgan fingerprint density at radius 2 is 2.11 bits per heavy atom. The fourth-order valence-corrected chi connectivity index (χ4v) is 2.14. The van der Waals surface area contributed by atoms with E-state index in [2.05, 4.69) is 0 Å². The first-order chi connectivity index (χ1) is 8.41. The highest BCUT2D eigenvalue weighted by Crippen LogP contribution is 2.22. The molecule has 0 fully saturated rings. The topological polar surface area (TPSA) is 57.5 Å². The summed E-state index contributed by atoms with van der Waals surface area (Å²) in [6.07, 6.45) is -1.85. The molecule has 5 heteroatoms. The van der Waals surface area contributed by atoms with Gasteiger partial charge in [-0.15, -0.1) is 0 Å². The highest BCUT2D eigenvalue weighted by molar-refractivity contribution is 8.13. The highest BCUT2D eigenvalue weighted by Gasteiger charge is 2.19. The van der Waals surface area contributed by atoms with Gasteiger partial charge in [-0.3, -0.25) is 4.79 Å². The molecule has 0 aliphatic carbocycles. The SMILES string of the molecule is CC(=O)SCCC(O)C(O)c1ccc(C)c(F)c1. The molecule has 1 aromatic rings. The average Bonchev–Trinajstić information content (AvgIpc) is 2.31. The van der Waals surface area contributed by atoms with Gasteiger partial charge in [-0.2, -0.15) is 0 Å². The number of aliphatic hydroxyl groups excluding tert-OH is 2. The van der Waals surface area contributed by atoms with Crippen LogP contribution in [-0.2, 0) is 4.79 Å². The summed E-state index contributed by atoms with van der Waals surface area (Å²) in [6.45, 7) is 3.08. The van der Waals surface area contributed by atoms with Crippen LogP contribution < -0.4 is 0 Å². The summed E-state index contributed by atoms with van der Waals surface area (Å²) in [6, 6.07) is 4.37. The Morgan fingerprint density at radius 3 is 2.67 bits per heavy atom.